The second kappa shape index (κ2) is 11.1. The van der Waals surface area contributed by atoms with Gasteiger partial charge in [-0.1, -0.05) is 0 Å². The molecule has 14 heteroatoms. The predicted octanol–water partition coefficient (Wildman–Crippen LogP) is 6.72. The molecule has 3 rings (SSSR count). The van der Waals surface area contributed by atoms with Gasteiger partial charge in [-0.3, -0.25) is 9.80 Å². The SMILES string of the molecule is CCOC(=O)N(Cc1cc(C(F)(F)F)cc(C(F)(F)F)c1)[C@H]1C[C@@H](C)N(C(=O)O)c2cc(OC)c(OC)cc21. The van der Waals surface area contributed by atoms with Gasteiger partial charge in [0.1, 0.15) is 0 Å². The molecule has 214 valence electrons. The van der Waals surface area contributed by atoms with Crippen LogP contribution in [0.1, 0.15) is 48.6 Å². The number of carbonyl (C=O) groups excluding carboxylic acids is 1. The van der Waals surface area contributed by atoms with Crippen LogP contribution in [0, 0.1) is 0 Å². The molecular formula is C25H26F6N2O6. The van der Waals surface area contributed by atoms with Crippen molar-refractivity contribution >= 4 is 17.9 Å². The van der Waals surface area contributed by atoms with Crippen LogP contribution in [0.15, 0.2) is 30.3 Å². The first-order chi connectivity index (χ1) is 18.1. The van der Waals surface area contributed by atoms with Gasteiger partial charge in [0.15, 0.2) is 11.5 Å². The number of hydrogen-bond acceptors (Lipinski definition) is 5. The Bertz CT molecular complexity index is 1200. The highest BCUT2D eigenvalue weighted by molar-refractivity contribution is 5.90. The molecule has 2 atom stereocenters. The maximum atomic E-state index is 13.5. The molecule has 2 amide bonds. The number of rotatable bonds is 6. The van der Waals surface area contributed by atoms with E-state index in [1.165, 1.54) is 33.3 Å². The number of halogens is 6. The number of methoxy groups -OCH3 is 2. The number of carboxylic acid groups (broad SMARTS) is 1. The number of hydrogen-bond donors (Lipinski definition) is 1. The Morgan fingerprint density at radius 1 is 0.974 bits per heavy atom. The third-order valence-electron chi connectivity index (χ3n) is 6.24. The molecule has 0 spiro atoms. The van der Waals surface area contributed by atoms with E-state index in [0.29, 0.717) is 12.1 Å². The summed E-state index contributed by atoms with van der Waals surface area (Å²) in [5.74, 6) is 0.342. The Kier molecular flexibility index (Phi) is 8.46. The number of amides is 2. The van der Waals surface area contributed by atoms with Gasteiger partial charge in [-0.2, -0.15) is 26.3 Å². The highest BCUT2D eigenvalue weighted by Crippen LogP contribution is 2.46. The first-order valence-corrected chi connectivity index (χ1v) is 11.6. The predicted molar refractivity (Wildman–Crippen MR) is 126 cm³/mol. The zero-order chi connectivity index (χ0) is 29.3. The highest BCUT2D eigenvalue weighted by Gasteiger charge is 2.41. The molecular weight excluding hydrogens is 538 g/mol. The second-order valence-electron chi connectivity index (χ2n) is 8.76. The molecule has 8 nitrogen and oxygen atoms in total. The van der Waals surface area contributed by atoms with Gasteiger partial charge < -0.3 is 19.3 Å². The molecule has 0 aromatic heterocycles. The number of anilines is 1. The number of fused-ring (bicyclic) bond motifs is 1. The lowest BCUT2D eigenvalue weighted by atomic mass is 9.90. The van der Waals surface area contributed by atoms with E-state index in [0.717, 1.165) is 9.80 Å². The fraction of sp³-hybridized carbons (Fsp3) is 0.440. The second-order valence-corrected chi connectivity index (χ2v) is 8.76. The lowest BCUT2D eigenvalue weighted by molar-refractivity contribution is -0.143. The van der Waals surface area contributed by atoms with Crippen molar-refractivity contribution in [3.05, 3.63) is 52.6 Å². The molecule has 0 saturated heterocycles. The average Bonchev–Trinajstić information content (AvgIpc) is 2.84. The van der Waals surface area contributed by atoms with E-state index < -0.39 is 59.9 Å². The topological polar surface area (TPSA) is 88.5 Å². The maximum Gasteiger partial charge on any atom is 0.416 e. The number of nitrogens with zero attached hydrogens (tertiary/aromatic N) is 2. The summed E-state index contributed by atoms with van der Waals surface area (Å²) in [5.41, 5.74) is -3.17. The zero-order valence-corrected chi connectivity index (χ0v) is 21.3. The number of alkyl halides is 6. The van der Waals surface area contributed by atoms with Crippen LogP contribution in [0.3, 0.4) is 0 Å². The Morgan fingerprint density at radius 2 is 1.51 bits per heavy atom. The molecule has 0 bridgehead atoms. The maximum absolute atomic E-state index is 13.5. The molecule has 1 N–H and O–H groups in total. The van der Waals surface area contributed by atoms with E-state index in [2.05, 4.69) is 0 Å². The van der Waals surface area contributed by atoms with E-state index in [9.17, 15) is 41.0 Å². The van der Waals surface area contributed by atoms with Gasteiger partial charge in [0, 0.05) is 24.2 Å². The third kappa shape index (κ3) is 6.25. The fourth-order valence-electron chi connectivity index (χ4n) is 4.55. The quantitative estimate of drug-likeness (QED) is 0.392. The van der Waals surface area contributed by atoms with Crippen molar-refractivity contribution in [3.63, 3.8) is 0 Å². The number of ether oxygens (including phenoxy) is 3. The van der Waals surface area contributed by atoms with Gasteiger partial charge in [-0.05, 0) is 50.1 Å². The van der Waals surface area contributed by atoms with E-state index in [1.54, 1.807) is 6.92 Å². The lowest BCUT2D eigenvalue weighted by Crippen LogP contribution is -2.47. The van der Waals surface area contributed by atoms with Crippen molar-refractivity contribution in [2.75, 3.05) is 25.7 Å². The minimum atomic E-state index is -5.08. The molecule has 39 heavy (non-hydrogen) atoms. The summed E-state index contributed by atoms with van der Waals surface area (Å²) in [6, 6.07) is 2.11. The van der Waals surface area contributed by atoms with Crippen LogP contribution < -0.4 is 14.4 Å². The van der Waals surface area contributed by atoms with Crippen molar-refractivity contribution in [2.45, 2.75) is 51.2 Å². The largest absolute Gasteiger partial charge is 0.493 e. The third-order valence-corrected chi connectivity index (χ3v) is 6.24. The molecule has 2 aromatic carbocycles. The summed E-state index contributed by atoms with van der Waals surface area (Å²) in [7, 11) is 2.65. The van der Waals surface area contributed by atoms with Gasteiger partial charge in [-0.25, -0.2) is 9.59 Å². The summed E-state index contributed by atoms with van der Waals surface area (Å²) in [6.07, 6.45) is -12.5. The van der Waals surface area contributed by atoms with Crippen LogP contribution in [0.2, 0.25) is 0 Å². The van der Waals surface area contributed by atoms with Crippen LogP contribution in [-0.4, -0.2) is 49.1 Å². The molecule has 1 aliphatic heterocycles. The number of carbonyl (C=O) groups is 2. The molecule has 0 radical (unpaired) electrons. The summed E-state index contributed by atoms with van der Waals surface area (Å²) < 4.78 is 96.5. The average molecular weight is 564 g/mol. The Hall–Kier alpha value is -3.84. The normalized spacial score (nSPS) is 17.3. The zero-order valence-electron chi connectivity index (χ0n) is 21.3. The van der Waals surface area contributed by atoms with Crippen molar-refractivity contribution in [2.24, 2.45) is 0 Å². The summed E-state index contributed by atoms with van der Waals surface area (Å²) in [6.45, 7) is 2.22. The molecule has 1 heterocycles. The van der Waals surface area contributed by atoms with Crippen LogP contribution in [-0.2, 0) is 23.6 Å². The Labute approximate surface area is 219 Å². The molecule has 1 aliphatic rings. The van der Waals surface area contributed by atoms with Gasteiger partial charge >= 0.3 is 24.5 Å². The minimum Gasteiger partial charge on any atom is -0.493 e. The molecule has 2 aromatic rings. The Morgan fingerprint density at radius 3 is 1.97 bits per heavy atom. The summed E-state index contributed by atoms with van der Waals surface area (Å²) in [5, 5.41) is 9.85. The van der Waals surface area contributed by atoms with Gasteiger partial charge in [0.2, 0.25) is 0 Å². The monoisotopic (exact) mass is 564 g/mol. The van der Waals surface area contributed by atoms with Crippen LogP contribution in [0.25, 0.3) is 0 Å². The highest BCUT2D eigenvalue weighted by atomic mass is 19.4. The number of benzene rings is 2. The molecule has 0 fully saturated rings. The molecule has 0 saturated carbocycles. The van der Waals surface area contributed by atoms with Crippen molar-refractivity contribution in [1.29, 1.82) is 0 Å². The smallest absolute Gasteiger partial charge is 0.416 e. The van der Waals surface area contributed by atoms with E-state index in [4.69, 9.17) is 14.2 Å². The van der Waals surface area contributed by atoms with E-state index >= 15 is 0 Å². The van der Waals surface area contributed by atoms with Gasteiger partial charge in [0.05, 0.1) is 43.7 Å². The standard InChI is InChI=1S/C25H26F6N2O6/c1-5-39-23(36)32(12-14-7-15(24(26,27)28)9-16(8-14)25(29,30)31)18-6-13(2)33(22(34)35)19-11-21(38-4)20(37-3)10-17(18)19/h7-11,13,18H,5-6,12H2,1-4H3,(H,34,35)/t13-,18+/m1/s1. The van der Waals surface area contributed by atoms with Crippen molar-refractivity contribution in [3.8, 4) is 11.5 Å². The van der Waals surface area contributed by atoms with Crippen LogP contribution in [0.4, 0.5) is 41.6 Å². The van der Waals surface area contributed by atoms with Gasteiger partial charge in [0.25, 0.3) is 0 Å². The van der Waals surface area contributed by atoms with E-state index in [1.807, 2.05) is 0 Å². The van der Waals surface area contributed by atoms with E-state index in [-0.39, 0.29) is 41.8 Å². The first kappa shape index (κ1) is 29.7. The summed E-state index contributed by atoms with van der Waals surface area (Å²) >= 11 is 0. The minimum absolute atomic E-state index is 0.00192. The lowest BCUT2D eigenvalue weighted by Gasteiger charge is -2.42. The van der Waals surface area contributed by atoms with Gasteiger partial charge in [-0.15, -0.1) is 0 Å². The Balaban J connectivity index is 2.21. The van der Waals surface area contributed by atoms with Crippen LogP contribution >= 0.6 is 0 Å². The van der Waals surface area contributed by atoms with Crippen molar-refractivity contribution < 1.29 is 55.2 Å². The van der Waals surface area contributed by atoms with Crippen molar-refractivity contribution in [1.82, 2.24) is 4.90 Å². The first-order valence-electron chi connectivity index (χ1n) is 11.6. The fourth-order valence-corrected chi connectivity index (χ4v) is 4.55. The molecule has 0 unspecified atom stereocenters. The summed E-state index contributed by atoms with van der Waals surface area (Å²) in [4.78, 5) is 27.2. The molecule has 0 aliphatic carbocycles. The van der Waals surface area contributed by atoms with Crippen LogP contribution in [0.5, 0.6) is 11.5 Å².